The second kappa shape index (κ2) is 18.9. The lowest BCUT2D eigenvalue weighted by Crippen LogP contribution is -2.65. The molecule has 15 heteroatoms. The molecule has 63 heavy (non-hydrogen) atoms. The molecular formula is C48H56N10O5. The number of nitrogens with one attached hydrogen (secondary N) is 1. The number of fused-ring (bicyclic) bond motifs is 2. The van der Waals surface area contributed by atoms with Crippen LogP contribution in [-0.2, 0) is 9.59 Å². The van der Waals surface area contributed by atoms with Crippen molar-refractivity contribution >= 4 is 45.5 Å². The third-order valence-electron chi connectivity index (χ3n) is 12.6. The Labute approximate surface area is 367 Å². The molecule has 0 bridgehead atoms. The first kappa shape index (κ1) is 43.2. The van der Waals surface area contributed by atoms with Crippen molar-refractivity contribution in [1.82, 2.24) is 48.9 Å². The number of likely N-dealkylation sites (N-methyl/N-ethyl adjacent to an activating group) is 1. The molecule has 0 radical (unpaired) electrons. The van der Waals surface area contributed by atoms with Crippen LogP contribution in [0.5, 0.6) is 0 Å². The Morgan fingerprint density at radius 2 is 1.24 bits per heavy atom. The summed E-state index contributed by atoms with van der Waals surface area (Å²) in [6, 6.07) is 23.8. The van der Waals surface area contributed by atoms with Gasteiger partial charge in [0.25, 0.3) is 5.91 Å². The topological polar surface area (TPSA) is 152 Å². The summed E-state index contributed by atoms with van der Waals surface area (Å²) in [6.45, 7) is 18.1. The van der Waals surface area contributed by atoms with E-state index in [1.54, 1.807) is 25.1 Å². The molecule has 0 saturated carbocycles. The predicted molar refractivity (Wildman–Crippen MR) is 243 cm³/mol. The molecule has 3 amide bonds. The zero-order valence-corrected chi connectivity index (χ0v) is 36.5. The first-order valence-corrected chi connectivity index (χ1v) is 21.8. The van der Waals surface area contributed by atoms with Crippen LogP contribution in [-0.4, -0.2) is 163 Å². The number of pyridine rings is 2. The maximum Gasteiger partial charge on any atom is 0.335 e. The number of benzene rings is 2. The smallest absolute Gasteiger partial charge is 0.335 e. The number of hydrogen-bond donors (Lipinski definition) is 2. The molecule has 4 aliphatic heterocycles. The number of nitrogens with zero attached hydrogens (tertiary/aromatic N) is 9. The Kier molecular flexibility index (Phi) is 13.0. The largest absolute Gasteiger partial charge is 0.478 e. The number of amides is 3. The number of carbonyl (C=O) groups is 4. The molecular weight excluding hydrogens is 797 g/mol. The Morgan fingerprint density at radius 1 is 0.683 bits per heavy atom. The lowest BCUT2D eigenvalue weighted by molar-refractivity contribution is -0.138. The van der Waals surface area contributed by atoms with Crippen LogP contribution in [0.1, 0.15) is 45.7 Å². The fourth-order valence-corrected chi connectivity index (χ4v) is 8.50. The van der Waals surface area contributed by atoms with Gasteiger partial charge >= 0.3 is 5.97 Å². The third-order valence-corrected chi connectivity index (χ3v) is 12.6. The quantitative estimate of drug-likeness (QED) is 0.235. The van der Waals surface area contributed by atoms with Crippen molar-refractivity contribution in [2.24, 2.45) is 0 Å². The highest BCUT2D eigenvalue weighted by molar-refractivity contribution is 5.99. The molecule has 0 aliphatic carbocycles. The van der Waals surface area contributed by atoms with Gasteiger partial charge in [-0.25, -0.2) is 14.8 Å². The Balaban J connectivity index is 0.000000144. The van der Waals surface area contributed by atoms with Crippen LogP contribution in [0.2, 0.25) is 0 Å². The molecule has 4 aromatic heterocycles. The van der Waals surface area contributed by atoms with E-state index >= 15 is 0 Å². The van der Waals surface area contributed by atoms with E-state index in [4.69, 9.17) is 5.11 Å². The molecule has 0 spiro atoms. The van der Waals surface area contributed by atoms with Crippen molar-refractivity contribution in [2.75, 3.05) is 78.5 Å². The van der Waals surface area contributed by atoms with Crippen LogP contribution in [0, 0.1) is 13.8 Å². The van der Waals surface area contributed by atoms with Crippen molar-refractivity contribution in [2.45, 2.75) is 39.8 Å². The molecule has 2 N–H and O–H groups in total. The van der Waals surface area contributed by atoms with E-state index in [0.29, 0.717) is 30.8 Å². The van der Waals surface area contributed by atoms with E-state index in [1.807, 2.05) is 124 Å². The van der Waals surface area contributed by atoms with E-state index < -0.39 is 5.97 Å². The predicted octanol–water partition coefficient (Wildman–Crippen LogP) is 4.48. The Morgan fingerprint density at radius 3 is 1.71 bits per heavy atom. The van der Waals surface area contributed by atoms with Gasteiger partial charge in [-0.1, -0.05) is 12.1 Å². The number of rotatable bonds is 7. The fraction of sp³-hybridized carbons (Fsp3) is 0.375. The number of aryl methyl sites for hydroxylation is 2. The van der Waals surface area contributed by atoms with E-state index in [2.05, 4.69) is 25.1 Å². The van der Waals surface area contributed by atoms with Crippen molar-refractivity contribution in [3.63, 3.8) is 0 Å². The molecule has 4 fully saturated rings. The first-order valence-electron chi connectivity index (χ1n) is 21.8. The molecule has 4 saturated heterocycles. The van der Waals surface area contributed by atoms with Gasteiger partial charge in [0, 0.05) is 132 Å². The van der Waals surface area contributed by atoms with Gasteiger partial charge in [0.05, 0.1) is 23.1 Å². The number of likely N-dealkylation sites (tertiary alicyclic amines) is 1. The highest BCUT2D eigenvalue weighted by Gasteiger charge is 2.38. The van der Waals surface area contributed by atoms with Gasteiger partial charge in [-0.15, -0.1) is 0 Å². The van der Waals surface area contributed by atoms with Gasteiger partial charge < -0.3 is 34.3 Å². The minimum atomic E-state index is -0.914. The fourth-order valence-electron chi connectivity index (χ4n) is 8.50. The summed E-state index contributed by atoms with van der Waals surface area (Å²) in [5.74, 6) is 1.23. The zero-order valence-electron chi connectivity index (χ0n) is 36.5. The van der Waals surface area contributed by atoms with Crippen molar-refractivity contribution in [3.8, 4) is 11.6 Å². The molecule has 15 nitrogen and oxygen atoms in total. The molecule has 328 valence electrons. The van der Waals surface area contributed by atoms with Gasteiger partial charge in [0.2, 0.25) is 11.8 Å². The summed E-state index contributed by atoms with van der Waals surface area (Å²) >= 11 is 0. The van der Waals surface area contributed by atoms with E-state index in [-0.39, 0.29) is 23.8 Å². The molecule has 8 heterocycles. The van der Waals surface area contributed by atoms with Crippen molar-refractivity contribution in [3.05, 3.63) is 120 Å². The summed E-state index contributed by atoms with van der Waals surface area (Å²) < 4.78 is 3.98. The highest BCUT2D eigenvalue weighted by atomic mass is 16.4. The lowest BCUT2D eigenvalue weighted by atomic mass is 10.0. The number of aromatic nitrogens is 4. The summed E-state index contributed by atoms with van der Waals surface area (Å²) in [7, 11) is 0. The third kappa shape index (κ3) is 9.65. The van der Waals surface area contributed by atoms with Crippen LogP contribution in [0.25, 0.3) is 33.4 Å². The summed E-state index contributed by atoms with van der Waals surface area (Å²) in [5.41, 5.74) is 5.20. The number of carboxylic acid groups (broad SMARTS) is 1. The monoisotopic (exact) mass is 852 g/mol. The van der Waals surface area contributed by atoms with Gasteiger partial charge in [-0.05, 0) is 92.6 Å². The summed E-state index contributed by atoms with van der Waals surface area (Å²) in [5, 5.41) is 14.2. The van der Waals surface area contributed by atoms with Gasteiger partial charge in [-0.3, -0.25) is 24.2 Å². The molecule has 10 rings (SSSR count). The lowest BCUT2D eigenvalue weighted by Gasteiger charge is -2.47. The number of carboxylic acids is 1. The minimum Gasteiger partial charge on any atom is -0.478 e. The second-order valence-corrected chi connectivity index (χ2v) is 16.8. The minimum absolute atomic E-state index is 0.0536. The van der Waals surface area contributed by atoms with Gasteiger partial charge in [0.15, 0.2) is 0 Å². The second-order valence-electron chi connectivity index (χ2n) is 16.8. The molecule has 0 atom stereocenters. The molecule has 0 unspecified atom stereocenters. The van der Waals surface area contributed by atoms with E-state index in [9.17, 15) is 19.2 Å². The van der Waals surface area contributed by atoms with Crippen LogP contribution < -0.4 is 5.32 Å². The average molecular weight is 853 g/mol. The molecule has 6 aromatic rings. The maximum atomic E-state index is 13.0. The maximum absolute atomic E-state index is 13.0. The zero-order chi connectivity index (χ0) is 44.2. The highest BCUT2D eigenvalue weighted by Crippen LogP contribution is 2.25. The Bertz CT molecular complexity index is 2590. The standard InChI is InChI=1S/C24H27N5O2.C15H12N2O2.C9H17N3O/c1-3-26-10-11-27(16-23(26)30)20-14-28(15-20)24(31)19-5-6-21-18(12-19)8-9-29(21)22-7-4-17(2)13-25-22;1-10-2-5-14(16-9-10)17-7-6-11-8-12(15(18)19)3-4-13(11)17;1-8(13)11-2-4-12(5-3-11)9-6-10-7-9/h4-9,12-13,20H,3,10-11,14-16H2,1-2H3;2-9H,1H3,(H,18,19);9-10H,2-7H2,1H3. The van der Waals surface area contributed by atoms with Crippen LogP contribution in [0.3, 0.4) is 0 Å². The van der Waals surface area contributed by atoms with Crippen LogP contribution in [0.15, 0.2) is 97.6 Å². The number of piperazine rings is 2. The van der Waals surface area contributed by atoms with Crippen molar-refractivity contribution < 1.29 is 24.3 Å². The number of hydrogen-bond acceptors (Lipinski definition) is 9. The summed E-state index contributed by atoms with van der Waals surface area (Å²) in [4.78, 5) is 66.4. The summed E-state index contributed by atoms with van der Waals surface area (Å²) in [6.07, 6.45) is 7.55. The van der Waals surface area contributed by atoms with Gasteiger partial charge in [-0.2, -0.15) is 0 Å². The average Bonchev–Trinajstić information content (AvgIpc) is 3.88. The van der Waals surface area contributed by atoms with E-state index in [1.165, 1.54) is 0 Å². The molecule has 4 aliphatic rings. The normalized spacial score (nSPS) is 17.4. The number of carbonyl (C=O) groups excluding carboxylic acids is 3. The van der Waals surface area contributed by atoms with Crippen LogP contribution in [0.4, 0.5) is 0 Å². The number of aromatic carboxylic acids is 1. The SMILES string of the molecule is CC(=O)N1CCN(C2CNC2)CC1.CCN1CCN(C2CN(C(=O)c3ccc4c(ccn4-c4ccc(C)cn4)c3)C2)CC1=O.Cc1ccc(-n2ccc3cc(C(=O)O)ccc32)nc1. The van der Waals surface area contributed by atoms with Gasteiger partial charge in [0.1, 0.15) is 11.6 Å². The Hall–Kier alpha value is -6.42. The van der Waals surface area contributed by atoms with Crippen LogP contribution >= 0.6 is 0 Å². The molecule has 2 aromatic carbocycles. The van der Waals surface area contributed by atoms with Crippen molar-refractivity contribution in [1.29, 1.82) is 0 Å². The first-order chi connectivity index (χ1) is 30.4. The van der Waals surface area contributed by atoms with E-state index in [0.717, 1.165) is 110 Å².